The number of hydrogen-bond donors (Lipinski definition) is 3. The van der Waals surface area contributed by atoms with Crippen LogP contribution in [0.2, 0.25) is 0 Å². The Labute approximate surface area is 250 Å². The van der Waals surface area contributed by atoms with Gasteiger partial charge in [0.1, 0.15) is 34.7 Å². The minimum Gasteiger partial charge on any atom is -0.489 e. The number of ether oxygens (including phenoxy) is 2. The number of hydrogen-bond acceptors (Lipinski definition) is 7. The summed E-state index contributed by atoms with van der Waals surface area (Å²) in [6.07, 6.45) is -2.03. The number of nitrogens with zero attached hydrogens (tertiary/aromatic N) is 2. The molecule has 0 unspecified atom stereocenters. The summed E-state index contributed by atoms with van der Waals surface area (Å²) < 4.78 is 56.0. The number of nitrogens with two attached hydrogens (primary N) is 1. The van der Waals surface area contributed by atoms with Gasteiger partial charge in [-0.15, -0.1) is 0 Å². The van der Waals surface area contributed by atoms with E-state index in [4.69, 9.17) is 15.2 Å². The Balaban J connectivity index is 1.40. The molecule has 1 fully saturated rings. The third-order valence-corrected chi connectivity index (χ3v) is 8.09. The van der Waals surface area contributed by atoms with Gasteiger partial charge in [-0.2, -0.15) is 13.2 Å². The van der Waals surface area contributed by atoms with Crippen LogP contribution in [-0.4, -0.2) is 52.3 Å². The van der Waals surface area contributed by atoms with Crippen molar-refractivity contribution in [1.82, 2.24) is 15.3 Å². The number of halogens is 3. The van der Waals surface area contributed by atoms with Gasteiger partial charge in [0.2, 0.25) is 11.5 Å². The van der Waals surface area contributed by atoms with Crippen molar-refractivity contribution in [2.75, 3.05) is 13.2 Å². The quantitative estimate of drug-likeness (QED) is 0.269. The number of fused-ring (bicyclic) bond motifs is 2. The Morgan fingerprint density at radius 3 is 2.55 bits per heavy atom. The molecule has 2 aromatic heterocycles. The Kier molecular flexibility index (Phi) is 6.99. The van der Waals surface area contributed by atoms with E-state index in [9.17, 15) is 27.9 Å². The normalized spacial score (nSPS) is 19.1. The summed E-state index contributed by atoms with van der Waals surface area (Å²) in [4.78, 5) is 34.3. The lowest BCUT2D eigenvalue weighted by Crippen LogP contribution is -2.51. The van der Waals surface area contributed by atoms with Gasteiger partial charge in [0, 0.05) is 28.3 Å². The molecule has 0 spiro atoms. The number of nitrogens with one attached hydrogen (secondary N) is 1. The molecule has 2 amide bonds. The number of aryl methyl sites for hydroxylation is 1. The number of aliphatic hydroxyl groups is 1. The Hall–Kier alpha value is -4.71. The predicted octanol–water partition coefficient (Wildman–Crippen LogP) is 4.46. The molecule has 0 saturated heterocycles. The number of rotatable bonds is 8. The smallest absolute Gasteiger partial charge is 0.424 e. The van der Waals surface area contributed by atoms with Crippen LogP contribution < -0.4 is 20.5 Å². The predicted molar refractivity (Wildman–Crippen MR) is 154 cm³/mol. The van der Waals surface area contributed by atoms with Crippen LogP contribution in [0, 0.1) is 6.92 Å². The second-order valence-electron chi connectivity index (χ2n) is 11.5. The molecule has 0 radical (unpaired) electrons. The molecule has 0 bridgehead atoms. The number of pyridine rings is 2. The lowest BCUT2D eigenvalue weighted by Gasteiger charge is -2.31. The molecule has 228 valence electrons. The molecule has 4 aromatic rings. The van der Waals surface area contributed by atoms with Crippen molar-refractivity contribution in [2.24, 2.45) is 5.73 Å². The van der Waals surface area contributed by atoms with Crippen LogP contribution in [0.25, 0.3) is 22.2 Å². The summed E-state index contributed by atoms with van der Waals surface area (Å²) in [5.74, 6) is -1.25. The summed E-state index contributed by atoms with van der Waals surface area (Å²) >= 11 is 0. The summed E-state index contributed by atoms with van der Waals surface area (Å²) in [6, 6.07) is 14.1. The van der Waals surface area contributed by atoms with E-state index in [0.29, 0.717) is 22.2 Å². The third kappa shape index (κ3) is 5.08. The van der Waals surface area contributed by atoms with Gasteiger partial charge < -0.3 is 25.6 Å². The van der Waals surface area contributed by atoms with Crippen LogP contribution in [0.4, 0.5) is 13.2 Å². The molecule has 44 heavy (non-hydrogen) atoms. The van der Waals surface area contributed by atoms with Crippen molar-refractivity contribution in [1.29, 1.82) is 0 Å². The first-order valence-electron chi connectivity index (χ1n) is 14.0. The van der Waals surface area contributed by atoms with Gasteiger partial charge >= 0.3 is 6.18 Å². The summed E-state index contributed by atoms with van der Waals surface area (Å²) in [5, 5.41) is 14.1. The van der Waals surface area contributed by atoms with E-state index in [-0.39, 0.29) is 35.3 Å². The van der Waals surface area contributed by atoms with Crippen molar-refractivity contribution in [3.8, 4) is 22.8 Å². The van der Waals surface area contributed by atoms with E-state index in [1.807, 2.05) is 6.92 Å². The molecular formula is C32H29F3N4O5. The molecule has 4 N–H and O–H groups in total. The maximum atomic E-state index is 14.8. The zero-order valence-corrected chi connectivity index (χ0v) is 23.9. The molecule has 6 rings (SSSR count). The summed E-state index contributed by atoms with van der Waals surface area (Å²) in [5.41, 5.74) is 1.61. The SMILES string of the molecule is Cc1ccc(-c2nc([C@@](O)(CNC(=O)c3cc(OC4CC4)c4ncccc4c3)C(F)(F)F)cc3c2OC[C@]3(C)C(N)=O)cc1. The van der Waals surface area contributed by atoms with Gasteiger partial charge in [0.05, 0.1) is 18.3 Å². The van der Waals surface area contributed by atoms with E-state index in [1.165, 1.54) is 19.1 Å². The number of carbonyl (C=O) groups is 2. The Morgan fingerprint density at radius 1 is 1.16 bits per heavy atom. The number of amides is 2. The van der Waals surface area contributed by atoms with Gasteiger partial charge in [-0.25, -0.2) is 4.98 Å². The minimum absolute atomic E-state index is 0.000345. The highest BCUT2D eigenvalue weighted by atomic mass is 19.4. The number of aromatic nitrogens is 2. The van der Waals surface area contributed by atoms with Crippen LogP contribution in [0.1, 0.15) is 46.9 Å². The summed E-state index contributed by atoms with van der Waals surface area (Å²) in [6.45, 7) is 1.81. The highest BCUT2D eigenvalue weighted by Gasteiger charge is 2.57. The average molecular weight is 607 g/mol. The summed E-state index contributed by atoms with van der Waals surface area (Å²) in [7, 11) is 0. The van der Waals surface area contributed by atoms with Gasteiger partial charge in [0.25, 0.3) is 5.91 Å². The van der Waals surface area contributed by atoms with Crippen molar-refractivity contribution >= 4 is 22.7 Å². The lowest BCUT2D eigenvalue weighted by atomic mass is 9.81. The van der Waals surface area contributed by atoms with Crippen LogP contribution in [0.5, 0.6) is 11.5 Å². The zero-order valence-electron chi connectivity index (χ0n) is 23.9. The van der Waals surface area contributed by atoms with Gasteiger partial charge in [-0.3, -0.25) is 14.6 Å². The van der Waals surface area contributed by atoms with Crippen molar-refractivity contribution in [3.05, 3.63) is 83.2 Å². The van der Waals surface area contributed by atoms with Crippen LogP contribution in [-0.2, 0) is 15.8 Å². The lowest BCUT2D eigenvalue weighted by molar-refractivity contribution is -0.265. The Bertz CT molecular complexity index is 1790. The first-order chi connectivity index (χ1) is 20.8. The molecule has 2 atom stereocenters. The number of primary amides is 1. The van der Waals surface area contributed by atoms with E-state index < -0.39 is 41.2 Å². The van der Waals surface area contributed by atoms with E-state index in [1.54, 1.807) is 42.6 Å². The maximum Gasteiger partial charge on any atom is 0.424 e. The van der Waals surface area contributed by atoms with Crippen molar-refractivity contribution in [3.63, 3.8) is 0 Å². The Morgan fingerprint density at radius 2 is 1.89 bits per heavy atom. The molecule has 2 aromatic carbocycles. The fraction of sp³-hybridized carbons (Fsp3) is 0.312. The van der Waals surface area contributed by atoms with Crippen molar-refractivity contribution < 1.29 is 37.3 Å². The van der Waals surface area contributed by atoms with Gasteiger partial charge in [-0.05, 0) is 51.0 Å². The second kappa shape index (κ2) is 10.5. The zero-order chi connectivity index (χ0) is 31.4. The first-order valence-corrected chi connectivity index (χ1v) is 14.0. The monoisotopic (exact) mass is 606 g/mol. The molecule has 9 nitrogen and oxygen atoms in total. The fourth-order valence-corrected chi connectivity index (χ4v) is 5.10. The molecule has 2 aliphatic rings. The van der Waals surface area contributed by atoms with Gasteiger partial charge in [0.15, 0.2) is 0 Å². The van der Waals surface area contributed by atoms with E-state index >= 15 is 0 Å². The van der Waals surface area contributed by atoms with Crippen LogP contribution >= 0.6 is 0 Å². The van der Waals surface area contributed by atoms with Crippen LogP contribution in [0.3, 0.4) is 0 Å². The van der Waals surface area contributed by atoms with E-state index in [2.05, 4.69) is 15.3 Å². The molecule has 3 heterocycles. The van der Waals surface area contributed by atoms with Crippen molar-refractivity contribution in [2.45, 2.75) is 50.0 Å². The topological polar surface area (TPSA) is 137 Å². The average Bonchev–Trinajstić information content (AvgIpc) is 3.74. The highest BCUT2D eigenvalue weighted by Crippen LogP contribution is 2.47. The molecule has 1 aliphatic carbocycles. The fourth-order valence-electron chi connectivity index (χ4n) is 5.10. The highest BCUT2D eigenvalue weighted by molar-refractivity contribution is 6.00. The standard InChI is InChI=1S/C32H29F3N4O5/c1-17-5-7-18(8-6-17)26-27-22(30(2,16-43-27)29(36)41)14-24(39-26)31(42,32(33,34)35)15-38-28(40)20-12-19-4-3-11-37-25(19)23(13-20)44-21-9-10-21/h3-8,11-14,21,42H,9-10,15-16H2,1-2H3,(H2,36,41)(H,38,40)/t30-,31-/m0/s1. The largest absolute Gasteiger partial charge is 0.489 e. The first kappa shape index (κ1) is 29.4. The number of benzene rings is 2. The van der Waals surface area contributed by atoms with Crippen LogP contribution in [0.15, 0.2) is 60.8 Å². The molecule has 1 aliphatic heterocycles. The molecule has 12 heteroatoms. The van der Waals surface area contributed by atoms with Gasteiger partial charge in [-0.1, -0.05) is 35.9 Å². The molecular weight excluding hydrogens is 577 g/mol. The third-order valence-electron chi connectivity index (χ3n) is 8.09. The number of alkyl halides is 3. The van der Waals surface area contributed by atoms with E-state index in [0.717, 1.165) is 24.5 Å². The second-order valence-corrected chi connectivity index (χ2v) is 11.5. The molecule has 1 saturated carbocycles. The maximum absolute atomic E-state index is 14.8. The number of carbonyl (C=O) groups excluding carboxylic acids is 2. The minimum atomic E-state index is -5.29.